The average Bonchev–Trinajstić information content (AvgIpc) is 3.20. The molecule has 1 aliphatic carbocycles. The van der Waals surface area contributed by atoms with Crippen LogP contribution in [0, 0.1) is 11.7 Å². The third-order valence-electron chi connectivity index (χ3n) is 6.13. The minimum absolute atomic E-state index is 0. The van der Waals surface area contributed by atoms with E-state index in [1.165, 1.54) is 24.8 Å². The van der Waals surface area contributed by atoms with Gasteiger partial charge in [0.2, 0.25) is 0 Å². The Morgan fingerprint density at radius 3 is 2.52 bits per heavy atom. The molecule has 6 heteroatoms. The lowest BCUT2D eigenvalue weighted by Crippen LogP contribution is -2.34. The predicted molar refractivity (Wildman–Crippen MR) is 123 cm³/mol. The first-order valence-corrected chi connectivity index (χ1v) is 10.8. The maximum absolute atomic E-state index is 13.5. The van der Waals surface area contributed by atoms with Gasteiger partial charge in [-0.1, -0.05) is 37.6 Å². The fourth-order valence-electron chi connectivity index (χ4n) is 4.54. The summed E-state index contributed by atoms with van der Waals surface area (Å²) < 4.78 is 24.1. The van der Waals surface area contributed by atoms with Gasteiger partial charge in [-0.2, -0.15) is 0 Å². The van der Waals surface area contributed by atoms with Crippen molar-refractivity contribution in [1.82, 2.24) is 5.32 Å². The minimum Gasteiger partial charge on any atom is -0.496 e. The van der Waals surface area contributed by atoms with E-state index in [1.54, 1.807) is 19.2 Å². The van der Waals surface area contributed by atoms with Crippen LogP contribution in [0.1, 0.15) is 55.2 Å². The van der Waals surface area contributed by atoms with Crippen molar-refractivity contribution in [2.45, 2.75) is 57.5 Å². The van der Waals surface area contributed by atoms with Gasteiger partial charge < -0.3 is 14.8 Å². The summed E-state index contributed by atoms with van der Waals surface area (Å²) in [5.74, 6) is 0.115. The first-order valence-electron chi connectivity index (χ1n) is 10.8. The summed E-state index contributed by atoms with van der Waals surface area (Å²) in [4.78, 5) is 12.4. The van der Waals surface area contributed by atoms with Crippen molar-refractivity contribution in [3.05, 3.63) is 65.0 Å². The second kappa shape index (κ2) is 12.1. The zero-order chi connectivity index (χ0) is 21.5. The van der Waals surface area contributed by atoms with Gasteiger partial charge in [0.25, 0.3) is 0 Å². The van der Waals surface area contributed by atoms with Crippen LogP contribution in [-0.2, 0) is 22.5 Å². The Labute approximate surface area is 190 Å². The third-order valence-corrected chi connectivity index (χ3v) is 6.13. The molecule has 3 atom stereocenters. The standard InChI is InChI=1S/C25H32FNO3.ClH/c1-4-5-6-17-7-14-23(29-2)19(15-17)16-27-22-13-12-21(25(28)30-3)24(22)18-8-10-20(26)11-9-18;/h7-11,14-15,21-22,24,27H,4-6,12-13,16H2,1-3H3;1H. The molecule has 2 aromatic rings. The highest BCUT2D eigenvalue weighted by Gasteiger charge is 2.41. The topological polar surface area (TPSA) is 47.6 Å². The monoisotopic (exact) mass is 449 g/mol. The third kappa shape index (κ3) is 6.20. The zero-order valence-corrected chi connectivity index (χ0v) is 19.3. The minimum atomic E-state index is -0.274. The number of hydrogen-bond donors (Lipinski definition) is 1. The molecule has 0 heterocycles. The first kappa shape index (κ1) is 25.2. The zero-order valence-electron chi connectivity index (χ0n) is 18.5. The molecular weight excluding hydrogens is 417 g/mol. The normalized spacial score (nSPS) is 20.2. The number of methoxy groups -OCH3 is 2. The molecule has 170 valence electrons. The van der Waals surface area contributed by atoms with E-state index < -0.39 is 0 Å². The Balaban J connectivity index is 0.00000341. The number of carbonyl (C=O) groups is 1. The van der Waals surface area contributed by atoms with Crippen LogP contribution in [0.15, 0.2) is 42.5 Å². The summed E-state index contributed by atoms with van der Waals surface area (Å²) in [6, 6.07) is 12.9. The fourth-order valence-corrected chi connectivity index (χ4v) is 4.54. The number of nitrogens with one attached hydrogen (secondary N) is 1. The molecule has 0 radical (unpaired) electrons. The van der Waals surface area contributed by atoms with Gasteiger partial charge in [-0.05, 0) is 55.0 Å². The Morgan fingerprint density at radius 2 is 1.87 bits per heavy atom. The van der Waals surface area contributed by atoms with Crippen molar-refractivity contribution in [3.8, 4) is 5.75 Å². The maximum atomic E-state index is 13.5. The van der Waals surface area contributed by atoms with Crippen molar-refractivity contribution in [3.63, 3.8) is 0 Å². The van der Waals surface area contributed by atoms with E-state index >= 15 is 0 Å². The van der Waals surface area contributed by atoms with Gasteiger partial charge in [-0.3, -0.25) is 4.79 Å². The van der Waals surface area contributed by atoms with Crippen LogP contribution in [-0.4, -0.2) is 26.2 Å². The van der Waals surface area contributed by atoms with Crippen molar-refractivity contribution in [1.29, 1.82) is 0 Å². The van der Waals surface area contributed by atoms with Crippen molar-refractivity contribution < 1.29 is 18.7 Å². The highest BCUT2D eigenvalue weighted by Crippen LogP contribution is 2.41. The Kier molecular flexibility index (Phi) is 9.79. The highest BCUT2D eigenvalue weighted by molar-refractivity contribution is 5.85. The van der Waals surface area contributed by atoms with Gasteiger partial charge in [0.1, 0.15) is 11.6 Å². The van der Waals surface area contributed by atoms with E-state index in [0.29, 0.717) is 6.54 Å². The molecule has 0 saturated heterocycles. The molecule has 3 unspecified atom stereocenters. The molecule has 0 bridgehead atoms. The molecule has 1 saturated carbocycles. The number of aryl methyl sites for hydroxylation is 1. The highest BCUT2D eigenvalue weighted by atomic mass is 35.5. The van der Waals surface area contributed by atoms with Crippen molar-refractivity contribution >= 4 is 18.4 Å². The van der Waals surface area contributed by atoms with Crippen LogP contribution in [0.5, 0.6) is 5.75 Å². The number of esters is 1. The lowest BCUT2D eigenvalue weighted by molar-refractivity contribution is -0.145. The van der Waals surface area contributed by atoms with E-state index in [-0.39, 0.29) is 42.1 Å². The van der Waals surface area contributed by atoms with Gasteiger partial charge >= 0.3 is 5.97 Å². The lowest BCUT2D eigenvalue weighted by atomic mass is 9.86. The molecule has 1 fully saturated rings. The van der Waals surface area contributed by atoms with E-state index in [2.05, 4.69) is 24.4 Å². The molecule has 2 aromatic carbocycles. The quantitative estimate of drug-likeness (QED) is 0.519. The number of unbranched alkanes of at least 4 members (excludes halogenated alkanes) is 1. The first-order chi connectivity index (χ1) is 14.6. The lowest BCUT2D eigenvalue weighted by Gasteiger charge is -2.25. The predicted octanol–water partition coefficient (Wildman–Crippen LogP) is 5.42. The van der Waals surface area contributed by atoms with E-state index in [4.69, 9.17) is 9.47 Å². The number of carbonyl (C=O) groups excluding carboxylic acids is 1. The van der Waals surface area contributed by atoms with Gasteiger partial charge in [-0.15, -0.1) is 12.4 Å². The summed E-state index contributed by atoms with van der Waals surface area (Å²) in [6.07, 6.45) is 4.99. The molecular formula is C25H33ClFNO3. The van der Waals surface area contributed by atoms with Crippen LogP contribution in [0.25, 0.3) is 0 Å². The van der Waals surface area contributed by atoms with Gasteiger partial charge in [0.15, 0.2) is 0 Å². The molecule has 1 N–H and O–H groups in total. The number of ether oxygens (including phenoxy) is 2. The molecule has 0 aromatic heterocycles. The van der Waals surface area contributed by atoms with Crippen LogP contribution >= 0.6 is 12.4 Å². The van der Waals surface area contributed by atoms with Crippen molar-refractivity contribution in [2.75, 3.05) is 14.2 Å². The largest absolute Gasteiger partial charge is 0.496 e. The van der Waals surface area contributed by atoms with Gasteiger partial charge in [-0.25, -0.2) is 4.39 Å². The number of hydrogen-bond acceptors (Lipinski definition) is 4. The number of halogens is 2. The van der Waals surface area contributed by atoms with Crippen LogP contribution in [0.3, 0.4) is 0 Å². The summed E-state index contributed by atoms with van der Waals surface area (Å²) in [5.41, 5.74) is 3.39. The summed E-state index contributed by atoms with van der Waals surface area (Å²) in [7, 11) is 3.12. The Hall–Kier alpha value is -2.11. The smallest absolute Gasteiger partial charge is 0.309 e. The summed E-state index contributed by atoms with van der Waals surface area (Å²) in [6.45, 7) is 2.85. The molecule has 31 heavy (non-hydrogen) atoms. The second-order valence-electron chi connectivity index (χ2n) is 8.02. The molecule has 0 amide bonds. The summed E-state index contributed by atoms with van der Waals surface area (Å²) >= 11 is 0. The van der Waals surface area contributed by atoms with E-state index in [1.807, 2.05) is 6.07 Å². The molecule has 4 nitrogen and oxygen atoms in total. The maximum Gasteiger partial charge on any atom is 0.309 e. The molecule has 1 aliphatic rings. The number of rotatable bonds is 9. The van der Waals surface area contributed by atoms with Crippen LogP contribution in [0.2, 0.25) is 0 Å². The van der Waals surface area contributed by atoms with Crippen LogP contribution in [0.4, 0.5) is 4.39 Å². The van der Waals surface area contributed by atoms with E-state index in [9.17, 15) is 9.18 Å². The fraction of sp³-hybridized carbons (Fsp3) is 0.480. The van der Waals surface area contributed by atoms with Gasteiger partial charge in [0, 0.05) is 24.1 Å². The Bertz CT molecular complexity index is 843. The molecule has 3 rings (SSSR count). The second-order valence-corrected chi connectivity index (χ2v) is 8.02. The van der Waals surface area contributed by atoms with Crippen LogP contribution < -0.4 is 10.1 Å². The number of benzene rings is 2. The van der Waals surface area contributed by atoms with Crippen molar-refractivity contribution in [2.24, 2.45) is 5.92 Å². The summed E-state index contributed by atoms with van der Waals surface area (Å²) in [5, 5.41) is 3.65. The Morgan fingerprint density at radius 1 is 1.13 bits per heavy atom. The molecule has 0 spiro atoms. The van der Waals surface area contributed by atoms with E-state index in [0.717, 1.165) is 49.0 Å². The van der Waals surface area contributed by atoms with Gasteiger partial charge in [0.05, 0.1) is 20.1 Å². The SMILES string of the molecule is CCCCc1ccc(OC)c(CNC2CCC(C(=O)OC)C2c2ccc(F)cc2)c1.Cl. The average molecular weight is 450 g/mol. The molecule has 0 aliphatic heterocycles.